The number of halogens is 1. The highest BCUT2D eigenvalue weighted by molar-refractivity contribution is 6.30. The van der Waals surface area contributed by atoms with Crippen molar-refractivity contribution >= 4 is 11.6 Å². The van der Waals surface area contributed by atoms with E-state index in [1.807, 2.05) is 0 Å². The molecule has 0 aliphatic carbocycles. The van der Waals surface area contributed by atoms with E-state index < -0.39 is 0 Å². The molecule has 17 heavy (non-hydrogen) atoms. The van der Waals surface area contributed by atoms with Gasteiger partial charge in [0.25, 0.3) is 0 Å². The molecule has 0 amide bonds. The molecule has 0 radical (unpaired) electrons. The number of ether oxygens (including phenoxy) is 1. The first-order chi connectivity index (χ1) is 8.33. The molecule has 0 fully saturated rings. The number of unbranched alkanes of at least 4 members (excludes halogenated alkanes) is 3. The maximum absolute atomic E-state index is 5.81. The Morgan fingerprint density at radius 2 is 2.06 bits per heavy atom. The summed E-state index contributed by atoms with van der Waals surface area (Å²) in [6.07, 6.45) is 8.08. The van der Waals surface area contributed by atoms with E-state index >= 15 is 0 Å². The molecule has 1 aromatic rings. The van der Waals surface area contributed by atoms with E-state index in [4.69, 9.17) is 16.3 Å². The van der Waals surface area contributed by atoms with E-state index in [0.29, 0.717) is 5.02 Å². The molecule has 1 N–H and O–H groups in total. The second-order valence-electron chi connectivity index (χ2n) is 3.96. The van der Waals surface area contributed by atoms with Crippen molar-refractivity contribution in [2.45, 2.75) is 32.6 Å². The van der Waals surface area contributed by atoms with Crippen LogP contribution in [0.15, 0.2) is 18.5 Å². The molecular formula is C13H21ClN2O. The smallest absolute Gasteiger partial charge is 0.139 e. The lowest BCUT2D eigenvalue weighted by atomic mass is 10.2. The van der Waals surface area contributed by atoms with Crippen LogP contribution in [0.2, 0.25) is 5.02 Å². The van der Waals surface area contributed by atoms with Crippen LogP contribution in [0.1, 0.15) is 32.6 Å². The lowest BCUT2D eigenvalue weighted by Crippen LogP contribution is -2.13. The zero-order valence-corrected chi connectivity index (χ0v) is 11.2. The molecular weight excluding hydrogens is 236 g/mol. The predicted molar refractivity (Wildman–Crippen MR) is 71.8 cm³/mol. The zero-order valence-electron chi connectivity index (χ0n) is 10.4. The van der Waals surface area contributed by atoms with Gasteiger partial charge in [-0.15, -0.1) is 0 Å². The maximum atomic E-state index is 5.81. The van der Waals surface area contributed by atoms with Crippen LogP contribution in [0.5, 0.6) is 5.75 Å². The van der Waals surface area contributed by atoms with Gasteiger partial charge < -0.3 is 10.1 Å². The third-order valence-corrected chi connectivity index (χ3v) is 2.65. The van der Waals surface area contributed by atoms with Crippen LogP contribution in [-0.2, 0) is 0 Å². The Morgan fingerprint density at radius 1 is 1.24 bits per heavy atom. The van der Waals surface area contributed by atoms with E-state index in [0.717, 1.165) is 31.9 Å². The average Bonchev–Trinajstić information content (AvgIpc) is 2.33. The highest BCUT2D eigenvalue weighted by Gasteiger charge is 1.96. The van der Waals surface area contributed by atoms with Gasteiger partial charge in [0.15, 0.2) is 0 Å². The van der Waals surface area contributed by atoms with Gasteiger partial charge in [0.2, 0.25) is 0 Å². The molecule has 4 heteroatoms. The fourth-order valence-electron chi connectivity index (χ4n) is 1.54. The van der Waals surface area contributed by atoms with Gasteiger partial charge in [-0.2, -0.15) is 0 Å². The Bertz CT molecular complexity index is 307. The lowest BCUT2D eigenvalue weighted by Gasteiger charge is -2.06. The van der Waals surface area contributed by atoms with E-state index in [1.165, 1.54) is 19.3 Å². The van der Waals surface area contributed by atoms with Crippen LogP contribution in [0.4, 0.5) is 0 Å². The van der Waals surface area contributed by atoms with Gasteiger partial charge in [-0.05, 0) is 25.9 Å². The van der Waals surface area contributed by atoms with Crippen molar-refractivity contribution in [3.8, 4) is 5.75 Å². The third-order valence-electron chi connectivity index (χ3n) is 2.45. The minimum atomic E-state index is 0.619. The molecule has 0 saturated heterocycles. The van der Waals surface area contributed by atoms with E-state index in [9.17, 15) is 0 Å². The minimum Gasteiger partial charge on any atom is -0.492 e. The van der Waals surface area contributed by atoms with Gasteiger partial charge in [0.05, 0.1) is 17.8 Å². The standard InChI is InChI=1S/C13H21ClN2O/c1-2-15-7-5-3-4-6-8-17-13-9-12(14)10-16-11-13/h9-11,15H,2-8H2,1H3. The maximum Gasteiger partial charge on any atom is 0.139 e. The Labute approximate surface area is 109 Å². The topological polar surface area (TPSA) is 34.1 Å². The number of rotatable bonds is 9. The highest BCUT2D eigenvalue weighted by atomic mass is 35.5. The van der Waals surface area contributed by atoms with Crippen molar-refractivity contribution in [3.05, 3.63) is 23.5 Å². The van der Waals surface area contributed by atoms with Crippen LogP contribution < -0.4 is 10.1 Å². The number of aromatic nitrogens is 1. The van der Waals surface area contributed by atoms with Crippen molar-refractivity contribution in [3.63, 3.8) is 0 Å². The summed E-state index contributed by atoms with van der Waals surface area (Å²) in [5.74, 6) is 0.755. The molecule has 1 heterocycles. The van der Waals surface area contributed by atoms with Crippen LogP contribution in [-0.4, -0.2) is 24.7 Å². The van der Waals surface area contributed by atoms with Crippen LogP contribution in [0.3, 0.4) is 0 Å². The second-order valence-corrected chi connectivity index (χ2v) is 4.39. The Hall–Kier alpha value is -0.800. The number of hydrogen-bond donors (Lipinski definition) is 1. The predicted octanol–water partition coefficient (Wildman–Crippen LogP) is 3.28. The minimum absolute atomic E-state index is 0.619. The molecule has 0 aliphatic rings. The van der Waals surface area contributed by atoms with Crippen LogP contribution in [0.25, 0.3) is 0 Å². The first-order valence-corrected chi connectivity index (χ1v) is 6.65. The summed E-state index contributed by atoms with van der Waals surface area (Å²) in [6, 6.07) is 1.79. The molecule has 0 aliphatic heterocycles. The van der Waals surface area contributed by atoms with Crippen LogP contribution in [0, 0.1) is 0 Å². The van der Waals surface area contributed by atoms with Gasteiger partial charge in [0.1, 0.15) is 5.75 Å². The lowest BCUT2D eigenvalue weighted by molar-refractivity contribution is 0.303. The Balaban J connectivity index is 1.97. The molecule has 1 aromatic heterocycles. The van der Waals surface area contributed by atoms with Crippen molar-refractivity contribution in [1.29, 1.82) is 0 Å². The summed E-state index contributed by atoms with van der Waals surface area (Å²) in [7, 11) is 0. The fraction of sp³-hybridized carbons (Fsp3) is 0.615. The van der Waals surface area contributed by atoms with Crippen molar-refractivity contribution in [1.82, 2.24) is 10.3 Å². The number of nitrogens with zero attached hydrogens (tertiary/aromatic N) is 1. The quantitative estimate of drug-likeness (QED) is 0.689. The third kappa shape index (κ3) is 7.18. The zero-order chi connectivity index (χ0) is 12.3. The molecule has 3 nitrogen and oxygen atoms in total. The summed E-state index contributed by atoms with van der Waals surface area (Å²) >= 11 is 5.81. The summed E-state index contributed by atoms with van der Waals surface area (Å²) in [5, 5.41) is 3.94. The fourth-order valence-corrected chi connectivity index (χ4v) is 1.71. The van der Waals surface area contributed by atoms with Crippen LogP contribution >= 0.6 is 11.6 Å². The number of hydrogen-bond acceptors (Lipinski definition) is 3. The summed E-state index contributed by atoms with van der Waals surface area (Å²) in [5.41, 5.74) is 0. The largest absolute Gasteiger partial charge is 0.492 e. The van der Waals surface area contributed by atoms with Gasteiger partial charge in [0, 0.05) is 12.3 Å². The van der Waals surface area contributed by atoms with Crippen molar-refractivity contribution in [2.24, 2.45) is 0 Å². The molecule has 0 atom stereocenters. The summed E-state index contributed by atoms with van der Waals surface area (Å²) in [4.78, 5) is 3.97. The van der Waals surface area contributed by atoms with E-state index in [1.54, 1.807) is 18.5 Å². The van der Waals surface area contributed by atoms with Crippen molar-refractivity contribution < 1.29 is 4.74 Å². The Kier molecular flexibility index (Phi) is 7.76. The van der Waals surface area contributed by atoms with Gasteiger partial charge in [-0.3, -0.25) is 4.98 Å². The van der Waals surface area contributed by atoms with Gasteiger partial charge in [-0.25, -0.2) is 0 Å². The SMILES string of the molecule is CCNCCCCCCOc1cncc(Cl)c1. The number of nitrogens with one attached hydrogen (secondary N) is 1. The highest BCUT2D eigenvalue weighted by Crippen LogP contribution is 2.15. The molecule has 1 rings (SSSR count). The molecule has 0 bridgehead atoms. The Morgan fingerprint density at radius 3 is 2.82 bits per heavy atom. The van der Waals surface area contributed by atoms with E-state index in [-0.39, 0.29) is 0 Å². The normalized spacial score (nSPS) is 10.5. The first kappa shape index (κ1) is 14.3. The molecule has 0 spiro atoms. The van der Waals surface area contributed by atoms with Crippen molar-refractivity contribution in [2.75, 3.05) is 19.7 Å². The molecule has 0 aromatic carbocycles. The monoisotopic (exact) mass is 256 g/mol. The molecule has 0 saturated carbocycles. The summed E-state index contributed by atoms with van der Waals surface area (Å²) in [6.45, 7) is 5.05. The summed E-state index contributed by atoms with van der Waals surface area (Å²) < 4.78 is 5.55. The van der Waals surface area contributed by atoms with Gasteiger partial charge >= 0.3 is 0 Å². The van der Waals surface area contributed by atoms with E-state index in [2.05, 4.69) is 17.2 Å². The number of pyridine rings is 1. The average molecular weight is 257 g/mol. The second kappa shape index (κ2) is 9.25. The molecule has 0 unspecified atom stereocenters. The molecule has 96 valence electrons. The van der Waals surface area contributed by atoms with Gasteiger partial charge in [-0.1, -0.05) is 31.4 Å². The first-order valence-electron chi connectivity index (χ1n) is 6.27.